The Bertz CT molecular complexity index is 810. The Labute approximate surface area is 143 Å². The molecule has 132 valence electrons. The maximum Gasteiger partial charge on any atom is 0.241 e. The third-order valence-corrected chi connectivity index (χ3v) is 5.56. The summed E-state index contributed by atoms with van der Waals surface area (Å²) in [4.78, 5) is 4.41. The fourth-order valence-corrected chi connectivity index (χ4v) is 4.09. The number of aromatic nitrogens is 2. The maximum atomic E-state index is 12.7. The highest BCUT2D eigenvalue weighted by Gasteiger charge is 2.23. The summed E-state index contributed by atoms with van der Waals surface area (Å²) >= 11 is 0. The van der Waals surface area contributed by atoms with Gasteiger partial charge in [-0.25, -0.2) is 13.1 Å². The molecule has 1 heterocycles. The zero-order valence-electron chi connectivity index (χ0n) is 15.1. The van der Waals surface area contributed by atoms with Gasteiger partial charge in [-0.3, -0.25) is 0 Å². The summed E-state index contributed by atoms with van der Waals surface area (Å²) < 4.78 is 32.9. The number of hydrogen-bond acceptors (Lipinski definition) is 5. The summed E-state index contributed by atoms with van der Waals surface area (Å²) in [5.41, 5.74) is 2.60. The highest BCUT2D eigenvalue weighted by Crippen LogP contribution is 2.29. The first-order chi connectivity index (χ1) is 11.0. The molecule has 1 N–H and O–H groups in total. The molecule has 2 aromatic rings. The molecule has 0 saturated carbocycles. The molecule has 2 rings (SSSR count). The van der Waals surface area contributed by atoms with Gasteiger partial charge in [0.2, 0.25) is 15.9 Å². The molecule has 1 aromatic heterocycles. The Morgan fingerprint density at radius 3 is 2.17 bits per heavy atom. The summed E-state index contributed by atoms with van der Waals surface area (Å²) in [6.45, 7) is 11.9. The van der Waals surface area contributed by atoms with Gasteiger partial charge in [0.1, 0.15) is 0 Å². The van der Waals surface area contributed by atoms with Gasteiger partial charge in [0, 0.05) is 13.0 Å². The standard InChI is InChI=1S/C17H25N3O3S/c1-11-9-14(17(4,5)6)10-12(2)16(11)24(21,22)18-8-7-15-19-13(3)20-23-15/h9-10,18H,7-8H2,1-6H3. The molecule has 0 aliphatic carbocycles. The lowest BCUT2D eigenvalue weighted by molar-refractivity contribution is 0.375. The Morgan fingerprint density at radius 2 is 1.71 bits per heavy atom. The molecule has 0 aliphatic rings. The molecule has 0 saturated heterocycles. The highest BCUT2D eigenvalue weighted by molar-refractivity contribution is 7.89. The molecule has 7 heteroatoms. The van der Waals surface area contributed by atoms with E-state index in [1.54, 1.807) is 6.92 Å². The Hall–Kier alpha value is -1.73. The van der Waals surface area contributed by atoms with Crippen LogP contribution < -0.4 is 4.72 Å². The third kappa shape index (κ3) is 4.21. The Balaban J connectivity index is 2.19. The van der Waals surface area contributed by atoms with Gasteiger partial charge >= 0.3 is 0 Å². The highest BCUT2D eigenvalue weighted by atomic mass is 32.2. The van der Waals surface area contributed by atoms with Crippen molar-refractivity contribution in [3.63, 3.8) is 0 Å². The maximum absolute atomic E-state index is 12.7. The van der Waals surface area contributed by atoms with Crippen LogP contribution in [-0.4, -0.2) is 25.1 Å². The normalized spacial score (nSPS) is 12.6. The minimum atomic E-state index is -3.59. The van der Waals surface area contributed by atoms with Crippen LogP contribution in [0, 0.1) is 20.8 Å². The summed E-state index contributed by atoms with van der Waals surface area (Å²) in [6, 6.07) is 3.89. The van der Waals surface area contributed by atoms with E-state index in [0.717, 1.165) is 16.7 Å². The minimum Gasteiger partial charge on any atom is -0.339 e. The number of rotatable bonds is 5. The van der Waals surface area contributed by atoms with Crippen LogP contribution in [0.4, 0.5) is 0 Å². The van der Waals surface area contributed by atoms with Gasteiger partial charge in [0.25, 0.3) is 0 Å². The van der Waals surface area contributed by atoms with Crippen molar-refractivity contribution in [2.24, 2.45) is 0 Å². The van der Waals surface area contributed by atoms with Crippen molar-refractivity contribution in [3.05, 3.63) is 40.5 Å². The van der Waals surface area contributed by atoms with E-state index in [2.05, 4.69) is 35.6 Å². The monoisotopic (exact) mass is 351 g/mol. The average molecular weight is 351 g/mol. The number of benzene rings is 1. The lowest BCUT2D eigenvalue weighted by atomic mass is 9.85. The van der Waals surface area contributed by atoms with E-state index in [-0.39, 0.29) is 12.0 Å². The number of sulfonamides is 1. The molecule has 0 unspecified atom stereocenters. The van der Waals surface area contributed by atoms with Crippen molar-refractivity contribution < 1.29 is 12.9 Å². The number of hydrogen-bond donors (Lipinski definition) is 1. The van der Waals surface area contributed by atoms with Crippen LogP contribution in [-0.2, 0) is 21.9 Å². The fraction of sp³-hybridized carbons (Fsp3) is 0.529. The fourth-order valence-electron chi connectivity index (χ4n) is 2.61. The van der Waals surface area contributed by atoms with E-state index < -0.39 is 10.0 Å². The summed E-state index contributed by atoms with van der Waals surface area (Å²) in [5, 5.41) is 3.69. The third-order valence-electron chi connectivity index (χ3n) is 3.80. The van der Waals surface area contributed by atoms with Crippen molar-refractivity contribution in [3.8, 4) is 0 Å². The van der Waals surface area contributed by atoms with Crippen LogP contribution in [0.25, 0.3) is 0 Å². The van der Waals surface area contributed by atoms with Crippen LogP contribution in [0.15, 0.2) is 21.6 Å². The van der Waals surface area contributed by atoms with Gasteiger partial charge < -0.3 is 4.52 Å². The van der Waals surface area contributed by atoms with Gasteiger partial charge in [-0.2, -0.15) is 4.98 Å². The molecular weight excluding hydrogens is 326 g/mol. The topological polar surface area (TPSA) is 85.1 Å². The van der Waals surface area contributed by atoms with E-state index in [0.29, 0.717) is 23.0 Å². The molecule has 0 radical (unpaired) electrons. The van der Waals surface area contributed by atoms with E-state index in [4.69, 9.17) is 4.52 Å². The molecule has 0 bridgehead atoms. The molecule has 0 spiro atoms. The van der Waals surface area contributed by atoms with Crippen LogP contribution in [0.2, 0.25) is 0 Å². The molecule has 1 aromatic carbocycles. The summed E-state index contributed by atoms with van der Waals surface area (Å²) in [7, 11) is -3.59. The Morgan fingerprint density at radius 1 is 1.12 bits per heavy atom. The number of aryl methyl sites for hydroxylation is 3. The first kappa shape index (κ1) is 18.6. The van der Waals surface area contributed by atoms with Gasteiger partial charge in [-0.1, -0.05) is 38.1 Å². The van der Waals surface area contributed by atoms with E-state index >= 15 is 0 Å². The second kappa shape index (κ2) is 6.64. The van der Waals surface area contributed by atoms with Gasteiger partial charge in [0.05, 0.1) is 4.90 Å². The molecule has 0 amide bonds. The predicted octanol–water partition coefficient (Wildman–Crippen LogP) is 2.81. The lowest BCUT2D eigenvalue weighted by Crippen LogP contribution is -2.28. The molecular formula is C17H25N3O3S. The minimum absolute atomic E-state index is 0.0267. The van der Waals surface area contributed by atoms with Crippen molar-refractivity contribution in [2.75, 3.05) is 6.54 Å². The zero-order valence-corrected chi connectivity index (χ0v) is 15.9. The number of nitrogens with zero attached hydrogens (tertiary/aromatic N) is 2. The van der Waals surface area contributed by atoms with Crippen molar-refractivity contribution in [2.45, 2.75) is 58.3 Å². The van der Waals surface area contributed by atoms with Crippen LogP contribution in [0.1, 0.15) is 49.2 Å². The molecule has 0 atom stereocenters. The van der Waals surface area contributed by atoms with Gasteiger partial charge in [-0.05, 0) is 42.9 Å². The first-order valence-electron chi connectivity index (χ1n) is 7.91. The van der Waals surface area contributed by atoms with Crippen LogP contribution in [0.5, 0.6) is 0 Å². The Kier molecular flexibility index (Phi) is 5.15. The first-order valence-corrected chi connectivity index (χ1v) is 9.39. The second-order valence-corrected chi connectivity index (χ2v) is 8.78. The van der Waals surface area contributed by atoms with Gasteiger partial charge in [0.15, 0.2) is 5.82 Å². The average Bonchev–Trinajstić information content (AvgIpc) is 2.82. The van der Waals surface area contributed by atoms with E-state index in [1.165, 1.54) is 0 Å². The van der Waals surface area contributed by atoms with E-state index in [1.807, 2.05) is 26.0 Å². The molecule has 0 fully saturated rings. The van der Waals surface area contributed by atoms with E-state index in [9.17, 15) is 8.42 Å². The summed E-state index contributed by atoms with van der Waals surface area (Å²) in [6.07, 6.45) is 0.359. The molecule has 24 heavy (non-hydrogen) atoms. The predicted molar refractivity (Wildman–Crippen MR) is 92.5 cm³/mol. The van der Waals surface area contributed by atoms with Crippen LogP contribution >= 0.6 is 0 Å². The van der Waals surface area contributed by atoms with Crippen LogP contribution in [0.3, 0.4) is 0 Å². The largest absolute Gasteiger partial charge is 0.339 e. The molecule has 0 aliphatic heterocycles. The SMILES string of the molecule is Cc1noc(CCNS(=O)(=O)c2c(C)cc(C(C)(C)C)cc2C)n1. The second-order valence-electron chi connectivity index (χ2n) is 7.07. The molecule has 6 nitrogen and oxygen atoms in total. The lowest BCUT2D eigenvalue weighted by Gasteiger charge is -2.22. The summed E-state index contributed by atoms with van der Waals surface area (Å²) in [5.74, 6) is 0.962. The van der Waals surface area contributed by atoms with Crippen molar-refractivity contribution >= 4 is 10.0 Å². The number of nitrogens with one attached hydrogen (secondary N) is 1. The zero-order chi connectivity index (χ0) is 18.1. The van der Waals surface area contributed by atoms with Crippen molar-refractivity contribution in [1.82, 2.24) is 14.9 Å². The van der Waals surface area contributed by atoms with Gasteiger partial charge in [-0.15, -0.1) is 0 Å². The smallest absolute Gasteiger partial charge is 0.241 e. The quantitative estimate of drug-likeness (QED) is 0.895. The van der Waals surface area contributed by atoms with Crippen molar-refractivity contribution in [1.29, 1.82) is 0 Å².